The first-order valence-corrected chi connectivity index (χ1v) is 14.0. The fourth-order valence-corrected chi connectivity index (χ4v) is 4.96. The number of fused-ring (bicyclic) bond motifs is 1. The van der Waals surface area contributed by atoms with Gasteiger partial charge in [0.2, 0.25) is 17.7 Å². The van der Waals surface area contributed by atoms with E-state index < -0.39 is 59.0 Å². The van der Waals surface area contributed by atoms with Crippen LogP contribution in [-0.2, 0) is 25.5 Å². The summed E-state index contributed by atoms with van der Waals surface area (Å²) in [5.74, 6) is -1.47. The monoisotopic (exact) mass is 579 g/mol. The largest absolute Gasteiger partial charge is 0.444 e. The van der Waals surface area contributed by atoms with Crippen molar-refractivity contribution in [2.24, 2.45) is 10.5 Å². The molecule has 4 atom stereocenters. The van der Waals surface area contributed by atoms with Gasteiger partial charge >= 0.3 is 6.09 Å². The third kappa shape index (κ3) is 8.36. The Morgan fingerprint density at radius 1 is 1.05 bits per heavy atom. The van der Waals surface area contributed by atoms with E-state index in [1.54, 1.807) is 41.5 Å². The van der Waals surface area contributed by atoms with Gasteiger partial charge in [0.05, 0.1) is 6.04 Å². The van der Waals surface area contributed by atoms with Gasteiger partial charge in [-0.15, -0.1) is 0 Å². The molecule has 1 heterocycles. The first kappa shape index (κ1) is 32.2. The van der Waals surface area contributed by atoms with Crippen LogP contribution in [0, 0.1) is 5.41 Å². The zero-order chi connectivity index (χ0) is 31.2. The summed E-state index contributed by atoms with van der Waals surface area (Å²) in [4.78, 5) is 57.3. The molecule has 0 aliphatic carbocycles. The summed E-state index contributed by atoms with van der Waals surface area (Å²) in [5.41, 5.74) is 8.39. The maximum Gasteiger partial charge on any atom is 0.408 e. The number of benzene rings is 2. The lowest BCUT2D eigenvalue weighted by molar-refractivity contribution is -0.142. The molecule has 0 unspecified atom stereocenters. The van der Waals surface area contributed by atoms with Crippen LogP contribution in [-0.4, -0.2) is 72.1 Å². The lowest BCUT2D eigenvalue weighted by Gasteiger charge is -2.36. The number of likely N-dealkylation sites (N-methyl/N-ethyl adjacent to an activating group) is 1. The average molecular weight is 580 g/mol. The van der Waals surface area contributed by atoms with Crippen molar-refractivity contribution in [2.75, 3.05) is 13.6 Å². The summed E-state index contributed by atoms with van der Waals surface area (Å²) in [5, 5.41) is 13.9. The quantitative estimate of drug-likeness (QED) is 0.245. The highest BCUT2D eigenvalue weighted by Gasteiger charge is 2.45. The number of amides is 4. The SMILES string of the molecule is CNC(=O)[C@H](Cc1ccc2ccccc2c1)NC(=O)[C@@H]1C[C@H](N=[N+]=[N-])CN1C(=O)[C@@H](NC(=O)OC(C)(C)C)C(C)(C)C. The van der Waals surface area contributed by atoms with Gasteiger partial charge in [-0.2, -0.15) is 0 Å². The van der Waals surface area contributed by atoms with Crippen molar-refractivity contribution in [1.29, 1.82) is 0 Å². The molecular weight excluding hydrogens is 538 g/mol. The molecule has 2 aromatic carbocycles. The number of carbonyl (C=O) groups excluding carboxylic acids is 4. The summed E-state index contributed by atoms with van der Waals surface area (Å²) in [6, 6.07) is 10.0. The molecule has 0 aromatic heterocycles. The van der Waals surface area contributed by atoms with E-state index in [2.05, 4.69) is 26.0 Å². The minimum absolute atomic E-state index is 0.0150. The molecule has 1 aliphatic heterocycles. The van der Waals surface area contributed by atoms with Crippen LogP contribution in [0.3, 0.4) is 0 Å². The van der Waals surface area contributed by atoms with Crippen LogP contribution < -0.4 is 16.0 Å². The lowest BCUT2D eigenvalue weighted by atomic mass is 9.85. The Balaban J connectivity index is 1.86. The first-order chi connectivity index (χ1) is 19.6. The van der Waals surface area contributed by atoms with E-state index in [4.69, 9.17) is 10.3 Å². The van der Waals surface area contributed by atoms with Crippen molar-refractivity contribution >= 4 is 34.6 Å². The van der Waals surface area contributed by atoms with Crippen LogP contribution in [0.15, 0.2) is 47.6 Å². The fourth-order valence-electron chi connectivity index (χ4n) is 4.96. The number of alkyl carbamates (subject to hydrolysis) is 1. The van der Waals surface area contributed by atoms with Crippen LogP contribution >= 0.6 is 0 Å². The van der Waals surface area contributed by atoms with E-state index in [1.807, 2.05) is 42.5 Å². The Morgan fingerprint density at radius 2 is 1.71 bits per heavy atom. The van der Waals surface area contributed by atoms with Crippen LogP contribution in [0.25, 0.3) is 21.2 Å². The molecule has 0 bridgehead atoms. The Bertz CT molecular complexity index is 1370. The second-order valence-corrected chi connectivity index (χ2v) is 12.6. The Morgan fingerprint density at radius 3 is 2.31 bits per heavy atom. The maximum absolute atomic E-state index is 13.9. The molecule has 3 N–H and O–H groups in total. The standard InChI is InChI=1S/C30H41N7O5/c1-29(2,3)24(34-28(41)42-30(4,5)6)27(40)37-17-21(35-36-31)16-23(37)26(39)33-22(25(38)32-7)15-18-12-13-19-10-8-9-11-20(19)14-18/h8-14,21-24H,15-17H2,1-7H3,(H,32,38)(H,33,39)(H,34,41)/t21-,22-,23-,24+/m0/s1. The third-order valence-electron chi connectivity index (χ3n) is 6.99. The Labute approximate surface area is 246 Å². The molecule has 3 rings (SSSR count). The minimum atomic E-state index is -1.04. The van der Waals surface area contributed by atoms with Gasteiger partial charge in [-0.3, -0.25) is 14.4 Å². The van der Waals surface area contributed by atoms with Crippen molar-refractivity contribution < 1.29 is 23.9 Å². The molecule has 1 saturated heterocycles. The average Bonchev–Trinajstić information content (AvgIpc) is 3.33. The van der Waals surface area contributed by atoms with Crippen molar-refractivity contribution in [3.05, 3.63) is 58.5 Å². The van der Waals surface area contributed by atoms with Crippen molar-refractivity contribution in [3.63, 3.8) is 0 Å². The summed E-state index contributed by atoms with van der Waals surface area (Å²) in [6.45, 7) is 10.5. The van der Waals surface area contributed by atoms with E-state index >= 15 is 0 Å². The zero-order valence-corrected chi connectivity index (χ0v) is 25.3. The summed E-state index contributed by atoms with van der Waals surface area (Å²) in [6.07, 6.45) is -0.472. The lowest BCUT2D eigenvalue weighted by Crippen LogP contribution is -2.59. The van der Waals surface area contributed by atoms with E-state index in [9.17, 15) is 19.2 Å². The molecule has 0 radical (unpaired) electrons. The van der Waals surface area contributed by atoms with Gasteiger partial charge in [0.25, 0.3) is 0 Å². The van der Waals surface area contributed by atoms with Crippen LogP contribution in [0.2, 0.25) is 0 Å². The van der Waals surface area contributed by atoms with Gasteiger partial charge < -0.3 is 25.6 Å². The normalized spacial score (nSPS) is 18.4. The number of azide groups is 1. The molecule has 0 spiro atoms. The third-order valence-corrected chi connectivity index (χ3v) is 6.99. The Kier molecular flexibility index (Phi) is 10.1. The molecule has 1 fully saturated rings. The fraction of sp³-hybridized carbons (Fsp3) is 0.533. The molecule has 12 nitrogen and oxygen atoms in total. The van der Waals surface area contributed by atoms with Gasteiger partial charge in [0.1, 0.15) is 23.7 Å². The highest BCUT2D eigenvalue weighted by Crippen LogP contribution is 2.28. The zero-order valence-electron chi connectivity index (χ0n) is 25.3. The second-order valence-electron chi connectivity index (χ2n) is 12.6. The molecule has 4 amide bonds. The highest BCUT2D eigenvalue weighted by atomic mass is 16.6. The predicted molar refractivity (Wildman–Crippen MR) is 159 cm³/mol. The Hall–Kier alpha value is -4.31. The number of hydrogen-bond acceptors (Lipinski definition) is 6. The number of nitrogens with zero attached hydrogens (tertiary/aromatic N) is 4. The number of ether oxygens (including phenoxy) is 1. The van der Waals surface area contributed by atoms with E-state index in [1.165, 1.54) is 11.9 Å². The number of carbonyl (C=O) groups is 4. The van der Waals surface area contributed by atoms with Gasteiger partial charge in [-0.25, -0.2) is 4.79 Å². The minimum Gasteiger partial charge on any atom is -0.444 e. The summed E-state index contributed by atoms with van der Waals surface area (Å²) >= 11 is 0. The number of nitrogens with one attached hydrogen (secondary N) is 3. The van der Waals surface area contributed by atoms with E-state index in [-0.39, 0.29) is 19.4 Å². The molecule has 0 saturated carbocycles. The van der Waals surface area contributed by atoms with Crippen LogP contribution in [0.4, 0.5) is 4.79 Å². The first-order valence-electron chi connectivity index (χ1n) is 14.0. The molecule has 2 aromatic rings. The molecule has 1 aliphatic rings. The van der Waals surface area contributed by atoms with Gasteiger partial charge in [-0.05, 0) is 54.5 Å². The number of rotatable bonds is 8. The topological polar surface area (TPSA) is 166 Å². The maximum atomic E-state index is 13.9. The summed E-state index contributed by atoms with van der Waals surface area (Å²) in [7, 11) is 1.49. The summed E-state index contributed by atoms with van der Waals surface area (Å²) < 4.78 is 5.37. The highest BCUT2D eigenvalue weighted by molar-refractivity contribution is 5.95. The van der Waals surface area contributed by atoms with Crippen molar-refractivity contribution in [1.82, 2.24) is 20.9 Å². The van der Waals surface area contributed by atoms with Crippen molar-refractivity contribution in [2.45, 2.75) is 84.2 Å². The molecule has 42 heavy (non-hydrogen) atoms. The van der Waals surface area contributed by atoms with Gasteiger partial charge in [-0.1, -0.05) is 68.4 Å². The van der Waals surface area contributed by atoms with Crippen LogP contribution in [0.5, 0.6) is 0 Å². The van der Waals surface area contributed by atoms with Crippen molar-refractivity contribution in [3.8, 4) is 0 Å². The molecule has 226 valence electrons. The predicted octanol–water partition coefficient (Wildman–Crippen LogP) is 3.83. The number of likely N-dealkylation sites (tertiary alicyclic amines) is 1. The second kappa shape index (κ2) is 13.1. The molecular formula is C30H41N7O5. The van der Waals surface area contributed by atoms with Crippen LogP contribution in [0.1, 0.15) is 53.5 Å². The van der Waals surface area contributed by atoms with E-state index in [0.29, 0.717) is 0 Å². The van der Waals surface area contributed by atoms with Gasteiger partial charge in [0.15, 0.2) is 0 Å². The number of hydrogen-bond donors (Lipinski definition) is 3. The molecule has 12 heteroatoms. The smallest absolute Gasteiger partial charge is 0.408 e. The van der Waals surface area contributed by atoms with E-state index in [0.717, 1.165) is 16.3 Å². The van der Waals surface area contributed by atoms with Gasteiger partial charge in [0, 0.05) is 24.9 Å².